The van der Waals surface area contributed by atoms with Crippen molar-refractivity contribution in [2.75, 3.05) is 4.90 Å². The lowest BCUT2D eigenvalue weighted by Crippen LogP contribution is -2.09. The maximum atomic E-state index is 6.25. The minimum Gasteiger partial charge on any atom is -0.456 e. The summed E-state index contributed by atoms with van der Waals surface area (Å²) in [4.78, 5) is 2.41. The number of anilines is 3. The van der Waals surface area contributed by atoms with E-state index in [2.05, 4.69) is 157 Å². The molecule has 2 heterocycles. The highest BCUT2D eigenvalue weighted by Gasteiger charge is 2.18. The van der Waals surface area contributed by atoms with Gasteiger partial charge in [-0.2, -0.15) is 0 Å². The second-order valence-corrected chi connectivity index (χ2v) is 14.0. The lowest BCUT2D eigenvalue weighted by atomic mass is 9.96. The normalized spacial score (nSPS) is 12.1. The third kappa shape index (κ3) is 4.00. The molecule has 0 N–H and O–H groups in total. The SMILES string of the molecule is c1ccc2c(c1)ccc1c3cc(N(c4ccc5c(c4)sc4c6ccccc6ccc54)c4ccc5oc6ccccc6c5c4)ccc3ccc21. The molecule has 11 aromatic rings. The van der Waals surface area contributed by atoms with Gasteiger partial charge in [0, 0.05) is 48.0 Å². The molecule has 0 amide bonds. The van der Waals surface area contributed by atoms with Gasteiger partial charge in [0.25, 0.3) is 0 Å². The van der Waals surface area contributed by atoms with Crippen molar-refractivity contribution < 1.29 is 4.42 Å². The van der Waals surface area contributed by atoms with Crippen molar-refractivity contribution in [1.29, 1.82) is 0 Å². The van der Waals surface area contributed by atoms with Crippen molar-refractivity contribution >= 4 is 114 Å². The summed E-state index contributed by atoms with van der Waals surface area (Å²) < 4.78 is 8.87. The molecule has 0 aliphatic heterocycles. The number of benzene rings is 9. The van der Waals surface area contributed by atoms with Crippen LogP contribution in [0.15, 0.2) is 168 Å². The van der Waals surface area contributed by atoms with Gasteiger partial charge < -0.3 is 9.32 Å². The smallest absolute Gasteiger partial charge is 0.135 e. The predicted molar refractivity (Wildman–Crippen MR) is 211 cm³/mol. The molecule has 0 radical (unpaired) electrons. The van der Waals surface area contributed by atoms with Gasteiger partial charge in [0.05, 0.1) is 0 Å². The molecular weight excluding hydrogens is 615 g/mol. The number of nitrogens with zero attached hydrogens (tertiary/aromatic N) is 1. The Kier molecular flexibility index (Phi) is 5.57. The minimum atomic E-state index is 0.896. The molecular formula is C46H27NOS. The lowest BCUT2D eigenvalue weighted by molar-refractivity contribution is 0.669. The summed E-state index contributed by atoms with van der Waals surface area (Å²) in [5, 5.41) is 15.0. The van der Waals surface area contributed by atoms with Gasteiger partial charge in [-0.05, 0) is 91.6 Å². The van der Waals surface area contributed by atoms with Crippen LogP contribution in [0, 0.1) is 0 Å². The topological polar surface area (TPSA) is 16.4 Å². The third-order valence-corrected chi connectivity index (χ3v) is 11.4. The van der Waals surface area contributed by atoms with E-state index in [1.54, 1.807) is 0 Å². The number of para-hydroxylation sites is 1. The van der Waals surface area contributed by atoms with E-state index in [0.29, 0.717) is 0 Å². The van der Waals surface area contributed by atoms with Crippen molar-refractivity contribution in [3.8, 4) is 0 Å². The van der Waals surface area contributed by atoms with E-state index in [1.165, 1.54) is 63.3 Å². The first-order valence-corrected chi connectivity index (χ1v) is 17.5. The standard InChI is InChI=1S/C46H27NOS/c1-3-9-34-28(7-1)14-21-37-36(34)20-15-30-13-17-31(25-41(30)37)47(32-19-24-44-42(26-32)38-11-5-6-12-43(38)48-44)33-18-23-39-40-22-16-29-8-2-4-10-35(29)46(40)49-45(39)27-33/h1-27H. The zero-order valence-corrected chi connectivity index (χ0v) is 27.2. The molecule has 9 aromatic carbocycles. The fourth-order valence-corrected chi connectivity index (χ4v) is 9.15. The van der Waals surface area contributed by atoms with Gasteiger partial charge in [0.15, 0.2) is 0 Å². The summed E-state index contributed by atoms with van der Waals surface area (Å²) in [6, 6.07) is 59.7. The van der Waals surface area contributed by atoms with Crippen LogP contribution in [0.25, 0.3) is 85.2 Å². The van der Waals surface area contributed by atoms with Crippen molar-refractivity contribution in [3.63, 3.8) is 0 Å². The summed E-state index contributed by atoms with van der Waals surface area (Å²) in [5.74, 6) is 0. The van der Waals surface area contributed by atoms with Crippen molar-refractivity contribution in [2.24, 2.45) is 0 Å². The number of hydrogen-bond acceptors (Lipinski definition) is 3. The highest BCUT2D eigenvalue weighted by Crippen LogP contribution is 2.45. The largest absolute Gasteiger partial charge is 0.456 e. The Labute approximate surface area is 285 Å². The molecule has 2 nitrogen and oxygen atoms in total. The van der Waals surface area contributed by atoms with E-state index in [0.717, 1.165) is 39.0 Å². The maximum Gasteiger partial charge on any atom is 0.135 e. The molecule has 2 aromatic heterocycles. The van der Waals surface area contributed by atoms with E-state index < -0.39 is 0 Å². The maximum absolute atomic E-state index is 6.25. The van der Waals surface area contributed by atoms with E-state index in [1.807, 2.05) is 23.5 Å². The first-order valence-electron chi connectivity index (χ1n) is 16.7. The number of hydrogen-bond donors (Lipinski definition) is 0. The van der Waals surface area contributed by atoms with E-state index in [9.17, 15) is 0 Å². The Morgan fingerprint density at radius 2 is 0.878 bits per heavy atom. The first-order chi connectivity index (χ1) is 24.3. The van der Waals surface area contributed by atoms with Gasteiger partial charge in [0.1, 0.15) is 11.2 Å². The second kappa shape index (κ2) is 10.2. The second-order valence-electron chi connectivity index (χ2n) is 12.9. The molecule has 49 heavy (non-hydrogen) atoms. The van der Waals surface area contributed by atoms with Crippen LogP contribution >= 0.6 is 11.3 Å². The summed E-state index contributed by atoms with van der Waals surface area (Å²) in [5.41, 5.74) is 5.14. The van der Waals surface area contributed by atoms with Crippen LogP contribution in [0.5, 0.6) is 0 Å². The summed E-state index contributed by atoms with van der Waals surface area (Å²) in [7, 11) is 0. The summed E-state index contributed by atoms with van der Waals surface area (Å²) >= 11 is 1.88. The Hall–Kier alpha value is -6.16. The fraction of sp³-hybridized carbons (Fsp3) is 0. The zero-order valence-electron chi connectivity index (χ0n) is 26.4. The van der Waals surface area contributed by atoms with Crippen LogP contribution in [0.4, 0.5) is 17.1 Å². The van der Waals surface area contributed by atoms with Crippen molar-refractivity contribution in [2.45, 2.75) is 0 Å². The summed E-state index contributed by atoms with van der Waals surface area (Å²) in [6.45, 7) is 0. The van der Waals surface area contributed by atoms with Gasteiger partial charge in [-0.25, -0.2) is 0 Å². The molecule has 0 saturated carbocycles. The average Bonchev–Trinajstić information content (AvgIpc) is 3.73. The first kappa shape index (κ1) is 26.9. The number of furan rings is 1. The molecule has 0 bridgehead atoms. The van der Waals surface area contributed by atoms with Crippen LogP contribution in [-0.2, 0) is 0 Å². The number of thiophene rings is 1. The van der Waals surface area contributed by atoms with Crippen LogP contribution in [0.2, 0.25) is 0 Å². The van der Waals surface area contributed by atoms with Gasteiger partial charge in [0.2, 0.25) is 0 Å². The molecule has 0 saturated heterocycles. The minimum absolute atomic E-state index is 0.896. The van der Waals surface area contributed by atoms with Gasteiger partial charge in [-0.15, -0.1) is 11.3 Å². The monoisotopic (exact) mass is 641 g/mol. The van der Waals surface area contributed by atoms with Crippen molar-refractivity contribution in [1.82, 2.24) is 0 Å². The van der Waals surface area contributed by atoms with Gasteiger partial charge in [-0.1, -0.05) is 115 Å². The van der Waals surface area contributed by atoms with E-state index in [4.69, 9.17) is 4.42 Å². The highest BCUT2D eigenvalue weighted by molar-refractivity contribution is 7.26. The highest BCUT2D eigenvalue weighted by atomic mass is 32.1. The molecule has 0 fully saturated rings. The average molecular weight is 642 g/mol. The Balaban J connectivity index is 1.17. The van der Waals surface area contributed by atoms with Crippen LogP contribution in [0.1, 0.15) is 0 Å². The molecule has 3 heteroatoms. The van der Waals surface area contributed by atoms with Crippen LogP contribution in [-0.4, -0.2) is 0 Å². The fourth-order valence-electron chi connectivity index (χ4n) is 7.88. The van der Waals surface area contributed by atoms with Crippen molar-refractivity contribution in [3.05, 3.63) is 164 Å². The summed E-state index contributed by atoms with van der Waals surface area (Å²) in [6.07, 6.45) is 0. The molecule has 0 atom stereocenters. The van der Waals surface area contributed by atoms with Crippen LogP contribution in [0.3, 0.4) is 0 Å². The molecule has 0 unspecified atom stereocenters. The van der Waals surface area contributed by atoms with Crippen LogP contribution < -0.4 is 4.90 Å². The molecule has 228 valence electrons. The molecule has 0 aliphatic rings. The lowest BCUT2D eigenvalue weighted by Gasteiger charge is -2.26. The molecule has 0 aliphatic carbocycles. The quantitative estimate of drug-likeness (QED) is 0.179. The predicted octanol–water partition coefficient (Wildman–Crippen LogP) is 14.0. The van der Waals surface area contributed by atoms with Gasteiger partial charge >= 0.3 is 0 Å². The Morgan fingerprint density at radius 1 is 0.347 bits per heavy atom. The zero-order chi connectivity index (χ0) is 32.1. The Bertz CT molecular complexity index is 3130. The van der Waals surface area contributed by atoms with Gasteiger partial charge in [-0.3, -0.25) is 0 Å². The van der Waals surface area contributed by atoms with E-state index >= 15 is 0 Å². The number of rotatable bonds is 3. The number of fused-ring (bicyclic) bond motifs is 13. The van der Waals surface area contributed by atoms with E-state index in [-0.39, 0.29) is 0 Å². The molecule has 11 rings (SSSR count). The molecule has 0 spiro atoms. The Morgan fingerprint density at radius 3 is 1.71 bits per heavy atom. The third-order valence-electron chi connectivity index (χ3n) is 10.2.